The predicted octanol–water partition coefficient (Wildman–Crippen LogP) is 2.65. The molecule has 0 radical (unpaired) electrons. The molecular formula is C17H17N3O4. The zero-order chi connectivity index (χ0) is 16.1. The quantitative estimate of drug-likeness (QED) is 0.862. The van der Waals surface area contributed by atoms with Crippen LogP contribution in [-0.2, 0) is 0 Å². The number of aromatic nitrogens is 2. The van der Waals surface area contributed by atoms with E-state index in [4.69, 9.17) is 14.0 Å². The molecule has 1 saturated carbocycles. The van der Waals surface area contributed by atoms with Crippen LogP contribution in [0.2, 0.25) is 0 Å². The van der Waals surface area contributed by atoms with Crippen LogP contribution in [0.3, 0.4) is 0 Å². The third-order valence-corrected chi connectivity index (χ3v) is 4.82. The summed E-state index contributed by atoms with van der Waals surface area (Å²) in [5.74, 6) is 2.82. The predicted molar refractivity (Wildman–Crippen MR) is 81.8 cm³/mol. The van der Waals surface area contributed by atoms with Crippen molar-refractivity contribution in [2.75, 3.05) is 13.3 Å². The summed E-state index contributed by atoms with van der Waals surface area (Å²) in [5.41, 5.74) is 0.530. The number of carbonyl (C=O) groups is 1. The van der Waals surface area contributed by atoms with Crippen molar-refractivity contribution in [3.05, 3.63) is 35.5 Å². The Morgan fingerprint density at radius 1 is 1.21 bits per heavy atom. The molecule has 2 fully saturated rings. The molecule has 1 aromatic carbocycles. The van der Waals surface area contributed by atoms with Gasteiger partial charge in [0.25, 0.3) is 5.91 Å². The van der Waals surface area contributed by atoms with Gasteiger partial charge in [0.2, 0.25) is 12.7 Å². The highest BCUT2D eigenvalue weighted by molar-refractivity contribution is 5.98. The van der Waals surface area contributed by atoms with Crippen LogP contribution in [0.5, 0.6) is 11.5 Å². The van der Waals surface area contributed by atoms with Gasteiger partial charge in [0, 0.05) is 12.5 Å². The standard InChI is InChI=1S/C17H17N3O4/c21-17(11-3-1-5-13-14(11)23-9-22-13)20-8-2-4-12(20)15-18-16(24-19-15)10-6-7-10/h1,3,5,10,12H,2,4,6-9H2. The highest BCUT2D eigenvalue weighted by atomic mass is 16.7. The SMILES string of the molecule is O=C(c1cccc2c1OCO2)N1CCCC1c1noc(C2CC2)n1. The minimum atomic E-state index is -0.132. The molecule has 2 aliphatic heterocycles. The Bertz CT molecular complexity index is 799. The second-order valence-electron chi connectivity index (χ2n) is 6.46. The molecule has 5 rings (SSSR count). The van der Waals surface area contributed by atoms with E-state index in [1.807, 2.05) is 17.0 Å². The van der Waals surface area contributed by atoms with Crippen LogP contribution in [0.1, 0.15) is 59.7 Å². The lowest BCUT2D eigenvalue weighted by Gasteiger charge is -2.22. The van der Waals surface area contributed by atoms with Crippen LogP contribution in [0.25, 0.3) is 0 Å². The van der Waals surface area contributed by atoms with Crippen LogP contribution < -0.4 is 9.47 Å². The van der Waals surface area contributed by atoms with Gasteiger partial charge < -0.3 is 18.9 Å². The zero-order valence-electron chi connectivity index (χ0n) is 13.1. The van der Waals surface area contributed by atoms with Crippen LogP contribution in [0.4, 0.5) is 0 Å². The number of para-hydroxylation sites is 1. The van der Waals surface area contributed by atoms with E-state index in [1.54, 1.807) is 6.07 Å². The molecule has 1 amide bonds. The Morgan fingerprint density at radius 3 is 3.00 bits per heavy atom. The van der Waals surface area contributed by atoms with Gasteiger partial charge in [-0.25, -0.2) is 0 Å². The number of fused-ring (bicyclic) bond motifs is 1. The van der Waals surface area contributed by atoms with Crippen LogP contribution in [-0.4, -0.2) is 34.3 Å². The van der Waals surface area contributed by atoms with Crippen molar-refractivity contribution in [2.24, 2.45) is 0 Å². The molecule has 2 aromatic rings. The largest absolute Gasteiger partial charge is 0.454 e. The van der Waals surface area contributed by atoms with E-state index < -0.39 is 0 Å². The average molecular weight is 327 g/mol. The molecular weight excluding hydrogens is 310 g/mol. The average Bonchev–Trinajstić information content (AvgIpc) is 3.06. The maximum Gasteiger partial charge on any atom is 0.258 e. The van der Waals surface area contributed by atoms with E-state index in [0.29, 0.717) is 41.2 Å². The molecule has 0 N–H and O–H groups in total. The monoisotopic (exact) mass is 327 g/mol. The molecule has 124 valence electrons. The van der Waals surface area contributed by atoms with Crippen LogP contribution >= 0.6 is 0 Å². The van der Waals surface area contributed by atoms with Gasteiger partial charge in [-0.15, -0.1) is 0 Å². The van der Waals surface area contributed by atoms with Crippen molar-refractivity contribution >= 4 is 5.91 Å². The minimum Gasteiger partial charge on any atom is -0.454 e. The highest BCUT2D eigenvalue weighted by Crippen LogP contribution is 2.41. The van der Waals surface area contributed by atoms with Gasteiger partial charge in [0.1, 0.15) is 0 Å². The second-order valence-corrected chi connectivity index (χ2v) is 6.46. The number of carbonyl (C=O) groups excluding carboxylic acids is 1. The number of nitrogens with zero attached hydrogens (tertiary/aromatic N) is 3. The number of rotatable bonds is 3. The van der Waals surface area contributed by atoms with E-state index in [2.05, 4.69) is 10.1 Å². The van der Waals surface area contributed by atoms with Crippen molar-refractivity contribution in [3.63, 3.8) is 0 Å². The smallest absolute Gasteiger partial charge is 0.258 e. The lowest BCUT2D eigenvalue weighted by Crippen LogP contribution is -2.31. The van der Waals surface area contributed by atoms with E-state index >= 15 is 0 Å². The Hall–Kier alpha value is -2.57. The van der Waals surface area contributed by atoms with E-state index in [9.17, 15) is 4.79 Å². The third kappa shape index (κ3) is 2.15. The highest BCUT2D eigenvalue weighted by Gasteiger charge is 2.37. The summed E-state index contributed by atoms with van der Waals surface area (Å²) in [5, 5.41) is 4.12. The first-order valence-electron chi connectivity index (χ1n) is 8.34. The number of hydrogen-bond donors (Lipinski definition) is 0. The number of ether oxygens (including phenoxy) is 2. The maximum absolute atomic E-state index is 13.0. The molecule has 7 nitrogen and oxygen atoms in total. The lowest BCUT2D eigenvalue weighted by atomic mass is 10.1. The summed E-state index contributed by atoms with van der Waals surface area (Å²) in [6, 6.07) is 5.26. The summed E-state index contributed by atoms with van der Waals surface area (Å²) < 4.78 is 16.2. The van der Waals surface area contributed by atoms with Crippen LogP contribution in [0.15, 0.2) is 22.7 Å². The van der Waals surface area contributed by atoms with Crippen molar-refractivity contribution < 1.29 is 18.8 Å². The molecule has 3 aliphatic rings. The summed E-state index contributed by atoms with van der Waals surface area (Å²) in [4.78, 5) is 19.4. The summed E-state index contributed by atoms with van der Waals surface area (Å²) in [6.45, 7) is 0.833. The fraction of sp³-hybridized carbons (Fsp3) is 0.471. The molecule has 1 unspecified atom stereocenters. The Labute approximate surface area is 138 Å². The molecule has 0 bridgehead atoms. The Morgan fingerprint density at radius 2 is 2.12 bits per heavy atom. The van der Waals surface area contributed by atoms with Gasteiger partial charge in [-0.2, -0.15) is 4.98 Å². The fourth-order valence-corrected chi connectivity index (χ4v) is 3.41. The second kappa shape index (κ2) is 5.22. The van der Waals surface area contributed by atoms with E-state index in [1.165, 1.54) is 0 Å². The van der Waals surface area contributed by atoms with Gasteiger partial charge in [-0.3, -0.25) is 4.79 Å². The van der Waals surface area contributed by atoms with E-state index in [-0.39, 0.29) is 18.7 Å². The summed E-state index contributed by atoms with van der Waals surface area (Å²) in [6.07, 6.45) is 4.00. The van der Waals surface area contributed by atoms with Crippen molar-refractivity contribution in [3.8, 4) is 11.5 Å². The molecule has 1 atom stereocenters. The molecule has 3 heterocycles. The minimum absolute atomic E-state index is 0.0716. The first-order chi connectivity index (χ1) is 11.8. The van der Waals surface area contributed by atoms with E-state index in [0.717, 1.165) is 25.7 Å². The summed E-state index contributed by atoms with van der Waals surface area (Å²) in [7, 11) is 0. The van der Waals surface area contributed by atoms with Crippen molar-refractivity contribution in [2.45, 2.75) is 37.6 Å². The van der Waals surface area contributed by atoms with Crippen molar-refractivity contribution in [1.29, 1.82) is 0 Å². The fourth-order valence-electron chi connectivity index (χ4n) is 3.41. The summed E-state index contributed by atoms with van der Waals surface area (Å²) >= 11 is 0. The maximum atomic E-state index is 13.0. The first kappa shape index (κ1) is 13.8. The molecule has 1 aromatic heterocycles. The number of amides is 1. The van der Waals surface area contributed by atoms with Crippen LogP contribution in [0, 0.1) is 0 Å². The Balaban J connectivity index is 1.44. The number of likely N-dealkylation sites (tertiary alicyclic amines) is 1. The Kier molecular flexibility index (Phi) is 3.01. The molecule has 1 aliphatic carbocycles. The third-order valence-electron chi connectivity index (χ3n) is 4.82. The number of benzene rings is 1. The zero-order valence-corrected chi connectivity index (χ0v) is 13.1. The lowest BCUT2D eigenvalue weighted by molar-refractivity contribution is 0.0723. The normalized spacial score (nSPS) is 22.2. The van der Waals surface area contributed by atoms with Gasteiger partial charge in [0.05, 0.1) is 11.6 Å². The van der Waals surface area contributed by atoms with Gasteiger partial charge in [-0.1, -0.05) is 11.2 Å². The van der Waals surface area contributed by atoms with Gasteiger partial charge in [-0.05, 0) is 37.8 Å². The first-order valence-corrected chi connectivity index (χ1v) is 8.34. The van der Waals surface area contributed by atoms with Crippen molar-refractivity contribution in [1.82, 2.24) is 15.0 Å². The molecule has 1 saturated heterocycles. The molecule has 0 spiro atoms. The molecule has 7 heteroatoms. The topological polar surface area (TPSA) is 77.7 Å². The molecule has 24 heavy (non-hydrogen) atoms. The van der Waals surface area contributed by atoms with Gasteiger partial charge in [0.15, 0.2) is 17.3 Å². The van der Waals surface area contributed by atoms with Gasteiger partial charge >= 0.3 is 0 Å². The number of hydrogen-bond acceptors (Lipinski definition) is 6.